The SMILES string of the molecule is CC1CCCCC1NC(C#N)c1ccc2c(c1)OCO2. The molecule has 3 unspecified atom stereocenters. The number of benzene rings is 1. The molecule has 1 aromatic rings. The number of nitrogens with one attached hydrogen (secondary N) is 1. The van der Waals surface area contributed by atoms with E-state index in [1.165, 1.54) is 19.3 Å². The Kier molecular flexibility index (Phi) is 3.79. The Bertz CT molecular complexity index is 524. The van der Waals surface area contributed by atoms with Crippen LogP contribution in [0, 0.1) is 17.2 Å². The summed E-state index contributed by atoms with van der Waals surface area (Å²) in [4.78, 5) is 0. The highest BCUT2D eigenvalue weighted by Gasteiger charge is 2.25. The maximum Gasteiger partial charge on any atom is 0.231 e. The van der Waals surface area contributed by atoms with Gasteiger partial charge in [0, 0.05) is 6.04 Å². The predicted octanol–water partition coefficient (Wildman–Crippen LogP) is 3.15. The lowest BCUT2D eigenvalue weighted by Gasteiger charge is -2.31. The lowest BCUT2D eigenvalue weighted by Crippen LogP contribution is -2.39. The van der Waals surface area contributed by atoms with E-state index in [0.29, 0.717) is 12.0 Å². The molecule has 20 heavy (non-hydrogen) atoms. The standard InChI is InChI=1S/C16H20N2O2/c1-11-4-2-3-5-13(11)18-14(9-17)12-6-7-15-16(8-12)20-10-19-15/h6-8,11,13-14,18H,2-5,10H2,1H3. The minimum absolute atomic E-state index is 0.267. The van der Waals surface area contributed by atoms with Crippen LogP contribution in [0.1, 0.15) is 44.2 Å². The smallest absolute Gasteiger partial charge is 0.231 e. The number of nitrogens with zero attached hydrogens (tertiary/aromatic N) is 1. The van der Waals surface area contributed by atoms with Crippen LogP contribution in [0.5, 0.6) is 11.5 Å². The molecule has 0 amide bonds. The first kappa shape index (κ1) is 13.3. The topological polar surface area (TPSA) is 54.3 Å². The monoisotopic (exact) mass is 272 g/mol. The van der Waals surface area contributed by atoms with Gasteiger partial charge in [0.2, 0.25) is 6.79 Å². The van der Waals surface area contributed by atoms with Gasteiger partial charge < -0.3 is 9.47 Å². The third-order valence-corrected chi connectivity index (χ3v) is 4.35. The largest absolute Gasteiger partial charge is 0.454 e. The average Bonchev–Trinajstić information content (AvgIpc) is 2.94. The van der Waals surface area contributed by atoms with E-state index in [0.717, 1.165) is 23.5 Å². The molecule has 0 bridgehead atoms. The number of fused-ring (bicyclic) bond motifs is 1. The molecule has 0 spiro atoms. The van der Waals surface area contributed by atoms with Crippen molar-refractivity contribution in [2.75, 3.05) is 6.79 Å². The van der Waals surface area contributed by atoms with E-state index in [4.69, 9.17) is 9.47 Å². The summed E-state index contributed by atoms with van der Waals surface area (Å²) in [5.74, 6) is 2.13. The van der Waals surface area contributed by atoms with Crippen molar-refractivity contribution < 1.29 is 9.47 Å². The van der Waals surface area contributed by atoms with E-state index < -0.39 is 0 Å². The fraction of sp³-hybridized carbons (Fsp3) is 0.562. The molecule has 2 aliphatic rings. The second-order valence-electron chi connectivity index (χ2n) is 5.71. The normalized spacial score (nSPS) is 26.0. The molecule has 1 N–H and O–H groups in total. The molecule has 1 fully saturated rings. The van der Waals surface area contributed by atoms with E-state index in [1.807, 2.05) is 18.2 Å². The van der Waals surface area contributed by atoms with Crippen LogP contribution in [0.15, 0.2) is 18.2 Å². The Morgan fingerprint density at radius 1 is 1.25 bits per heavy atom. The molecule has 0 saturated heterocycles. The van der Waals surface area contributed by atoms with Crippen LogP contribution in [-0.4, -0.2) is 12.8 Å². The fourth-order valence-corrected chi connectivity index (χ4v) is 3.08. The molecular weight excluding hydrogens is 252 g/mol. The van der Waals surface area contributed by atoms with Gasteiger partial charge in [-0.05, 0) is 36.5 Å². The first-order valence-electron chi connectivity index (χ1n) is 7.33. The summed E-state index contributed by atoms with van der Waals surface area (Å²) in [6.45, 7) is 2.54. The number of hydrogen-bond acceptors (Lipinski definition) is 4. The van der Waals surface area contributed by atoms with Crippen molar-refractivity contribution in [3.05, 3.63) is 23.8 Å². The average molecular weight is 272 g/mol. The number of hydrogen-bond donors (Lipinski definition) is 1. The number of ether oxygens (including phenoxy) is 2. The molecule has 1 aromatic carbocycles. The second-order valence-corrected chi connectivity index (χ2v) is 5.71. The summed E-state index contributed by atoms with van der Waals surface area (Å²) in [5.41, 5.74) is 0.953. The molecule has 3 atom stereocenters. The Morgan fingerprint density at radius 2 is 2.05 bits per heavy atom. The van der Waals surface area contributed by atoms with Crippen LogP contribution in [0.25, 0.3) is 0 Å². The van der Waals surface area contributed by atoms with Crippen molar-refractivity contribution in [3.8, 4) is 17.6 Å². The van der Waals surface area contributed by atoms with Crippen molar-refractivity contribution in [2.24, 2.45) is 5.92 Å². The van der Waals surface area contributed by atoms with E-state index in [1.54, 1.807) is 0 Å². The third-order valence-electron chi connectivity index (χ3n) is 4.35. The number of nitriles is 1. The summed E-state index contributed by atoms with van der Waals surface area (Å²) in [6, 6.07) is 8.26. The van der Waals surface area contributed by atoms with E-state index in [-0.39, 0.29) is 12.8 Å². The van der Waals surface area contributed by atoms with Crippen LogP contribution in [0.2, 0.25) is 0 Å². The zero-order valence-corrected chi connectivity index (χ0v) is 11.8. The second kappa shape index (κ2) is 5.72. The third kappa shape index (κ3) is 2.59. The summed E-state index contributed by atoms with van der Waals surface area (Å²) in [5, 5.41) is 13.0. The van der Waals surface area contributed by atoms with Crippen LogP contribution >= 0.6 is 0 Å². The highest BCUT2D eigenvalue weighted by Crippen LogP contribution is 2.34. The van der Waals surface area contributed by atoms with Crippen LogP contribution in [0.4, 0.5) is 0 Å². The molecule has 4 nitrogen and oxygen atoms in total. The van der Waals surface area contributed by atoms with Crippen molar-refractivity contribution in [1.29, 1.82) is 5.26 Å². The Hall–Kier alpha value is -1.73. The van der Waals surface area contributed by atoms with Gasteiger partial charge in [-0.25, -0.2) is 0 Å². The van der Waals surface area contributed by atoms with Crippen molar-refractivity contribution in [3.63, 3.8) is 0 Å². The maximum atomic E-state index is 9.46. The van der Waals surface area contributed by atoms with Gasteiger partial charge >= 0.3 is 0 Å². The molecule has 3 rings (SSSR count). The van der Waals surface area contributed by atoms with Gasteiger partial charge in [-0.15, -0.1) is 0 Å². The maximum absolute atomic E-state index is 9.46. The van der Waals surface area contributed by atoms with Crippen molar-refractivity contribution >= 4 is 0 Å². The first-order chi connectivity index (χ1) is 9.78. The van der Waals surface area contributed by atoms with Crippen molar-refractivity contribution in [1.82, 2.24) is 5.32 Å². The Labute approximate surface area is 119 Å². The molecular formula is C16H20N2O2. The molecule has 106 valence electrons. The van der Waals surface area contributed by atoms with Gasteiger partial charge in [-0.1, -0.05) is 25.8 Å². The zero-order valence-electron chi connectivity index (χ0n) is 11.8. The minimum Gasteiger partial charge on any atom is -0.454 e. The highest BCUT2D eigenvalue weighted by atomic mass is 16.7. The zero-order chi connectivity index (χ0) is 13.9. The van der Waals surface area contributed by atoms with Crippen LogP contribution < -0.4 is 14.8 Å². The summed E-state index contributed by atoms with van der Waals surface area (Å²) in [7, 11) is 0. The van der Waals surface area contributed by atoms with E-state index in [9.17, 15) is 5.26 Å². The molecule has 1 heterocycles. The van der Waals surface area contributed by atoms with Gasteiger partial charge in [-0.2, -0.15) is 5.26 Å². The first-order valence-corrected chi connectivity index (χ1v) is 7.33. The minimum atomic E-state index is -0.282. The van der Waals surface area contributed by atoms with E-state index in [2.05, 4.69) is 18.3 Å². The van der Waals surface area contributed by atoms with Gasteiger partial charge in [-0.3, -0.25) is 5.32 Å². The quantitative estimate of drug-likeness (QED) is 0.918. The van der Waals surface area contributed by atoms with Gasteiger partial charge in [0.25, 0.3) is 0 Å². The molecule has 0 radical (unpaired) electrons. The molecule has 0 aromatic heterocycles. The van der Waals surface area contributed by atoms with Gasteiger partial charge in [0.15, 0.2) is 11.5 Å². The molecule has 1 saturated carbocycles. The Morgan fingerprint density at radius 3 is 2.85 bits per heavy atom. The summed E-state index contributed by atoms with van der Waals surface area (Å²) in [6.07, 6.45) is 4.96. The van der Waals surface area contributed by atoms with E-state index >= 15 is 0 Å². The molecule has 1 aliphatic carbocycles. The summed E-state index contributed by atoms with van der Waals surface area (Å²) < 4.78 is 10.7. The van der Waals surface area contributed by atoms with Gasteiger partial charge in [0.1, 0.15) is 6.04 Å². The highest BCUT2D eigenvalue weighted by molar-refractivity contribution is 5.46. The van der Waals surface area contributed by atoms with Crippen LogP contribution in [-0.2, 0) is 0 Å². The van der Waals surface area contributed by atoms with Gasteiger partial charge in [0.05, 0.1) is 6.07 Å². The van der Waals surface area contributed by atoms with Crippen molar-refractivity contribution in [2.45, 2.75) is 44.7 Å². The lowest BCUT2D eigenvalue weighted by molar-refractivity contribution is 0.174. The summed E-state index contributed by atoms with van der Waals surface area (Å²) >= 11 is 0. The molecule has 1 aliphatic heterocycles. The van der Waals surface area contributed by atoms with Crippen LogP contribution in [0.3, 0.4) is 0 Å². The fourth-order valence-electron chi connectivity index (χ4n) is 3.08. The lowest BCUT2D eigenvalue weighted by atomic mass is 9.85. The molecule has 4 heteroatoms. The number of rotatable bonds is 3. The predicted molar refractivity (Wildman–Crippen MR) is 75.5 cm³/mol. The Balaban J connectivity index is 1.74.